The Morgan fingerprint density at radius 3 is 2.29 bits per heavy atom. The number of nitrogens with one attached hydrogen (secondary N) is 1. The van der Waals surface area contributed by atoms with Crippen molar-refractivity contribution in [2.75, 3.05) is 62.2 Å². The molecule has 4 heterocycles. The third-order valence-electron chi connectivity index (χ3n) is 7.65. The van der Waals surface area contributed by atoms with Crippen LogP contribution < -0.4 is 15.1 Å². The van der Waals surface area contributed by atoms with Crippen molar-refractivity contribution in [3.8, 4) is 5.75 Å². The molecule has 1 aromatic heterocycles. The van der Waals surface area contributed by atoms with Crippen LogP contribution in [0.15, 0.2) is 18.2 Å². The number of anilines is 2. The largest absolute Gasteiger partial charge is 0.507 e. The minimum absolute atomic E-state index is 0.248. The summed E-state index contributed by atoms with van der Waals surface area (Å²) in [6.07, 6.45) is 7.16. The fourth-order valence-electron chi connectivity index (χ4n) is 5.69. The topological polar surface area (TPSA) is 67.8 Å². The van der Waals surface area contributed by atoms with Crippen LogP contribution in [0.3, 0.4) is 0 Å². The zero-order chi connectivity index (χ0) is 23.5. The third-order valence-corrected chi connectivity index (χ3v) is 7.65. The molecule has 34 heavy (non-hydrogen) atoms. The second-order valence-corrected chi connectivity index (χ2v) is 10.3. The normalized spacial score (nSPS) is 21.5. The Kier molecular flexibility index (Phi) is 7.21. The number of aromatic hydroxyl groups is 1. The van der Waals surface area contributed by atoms with Crippen LogP contribution in [0, 0.1) is 13.8 Å². The van der Waals surface area contributed by atoms with Crippen molar-refractivity contribution < 1.29 is 5.11 Å². The molecular weight excluding hydrogens is 424 g/mol. The van der Waals surface area contributed by atoms with Crippen molar-refractivity contribution in [3.05, 3.63) is 40.6 Å². The summed E-state index contributed by atoms with van der Waals surface area (Å²) in [7, 11) is 0. The highest BCUT2D eigenvalue weighted by atomic mass is 16.3. The summed E-state index contributed by atoms with van der Waals surface area (Å²) < 4.78 is 0. The predicted molar refractivity (Wildman–Crippen MR) is 138 cm³/mol. The molecule has 3 fully saturated rings. The number of nitrogens with zero attached hydrogens (tertiary/aromatic N) is 5. The summed E-state index contributed by atoms with van der Waals surface area (Å²) in [6, 6.07) is 6.75. The Balaban J connectivity index is 1.25. The summed E-state index contributed by atoms with van der Waals surface area (Å²) in [4.78, 5) is 17.5. The van der Waals surface area contributed by atoms with Crippen LogP contribution >= 0.6 is 0 Å². The van der Waals surface area contributed by atoms with E-state index in [1.807, 2.05) is 13.8 Å². The number of rotatable bonds is 7. The molecule has 2 N–H and O–H groups in total. The van der Waals surface area contributed by atoms with E-state index in [1.165, 1.54) is 31.2 Å². The molecule has 1 atom stereocenters. The molecule has 184 valence electrons. The first kappa shape index (κ1) is 23.4. The van der Waals surface area contributed by atoms with Crippen LogP contribution in [-0.4, -0.2) is 72.3 Å². The van der Waals surface area contributed by atoms with Gasteiger partial charge in [-0.25, -0.2) is 4.98 Å². The van der Waals surface area contributed by atoms with Gasteiger partial charge in [0.05, 0.1) is 11.7 Å². The summed E-state index contributed by atoms with van der Waals surface area (Å²) in [6.45, 7) is 12.5. The molecule has 3 aliphatic rings. The smallest absolute Gasteiger partial charge is 0.227 e. The number of piperazine rings is 1. The Morgan fingerprint density at radius 2 is 1.59 bits per heavy atom. The van der Waals surface area contributed by atoms with Gasteiger partial charge in [0, 0.05) is 51.9 Å². The Hall–Kier alpha value is -2.38. The van der Waals surface area contributed by atoms with Gasteiger partial charge in [-0.1, -0.05) is 12.1 Å². The van der Waals surface area contributed by atoms with E-state index in [0.717, 1.165) is 93.8 Å². The van der Waals surface area contributed by atoms with Gasteiger partial charge in [-0.05, 0) is 75.6 Å². The number of aryl methyl sites for hydroxylation is 3. The zero-order valence-corrected chi connectivity index (χ0v) is 20.9. The lowest BCUT2D eigenvalue weighted by Gasteiger charge is -2.34. The van der Waals surface area contributed by atoms with Crippen molar-refractivity contribution in [3.63, 3.8) is 0 Å². The lowest BCUT2D eigenvalue weighted by Crippen LogP contribution is -2.46. The minimum atomic E-state index is 0.248. The van der Waals surface area contributed by atoms with E-state index in [-0.39, 0.29) is 6.04 Å². The van der Waals surface area contributed by atoms with Gasteiger partial charge in [0.2, 0.25) is 5.95 Å². The first-order valence-corrected chi connectivity index (χ1v) is 13.2. The molecule has 0 bridgehead atoms. The Labute approximate surface area is 204 Å². The summed E-state index contributed by atoms with van der Waals surface area (Å²) in [5.74, 6) is 2.47. The number of hydrogen-bond acceptors (Lipinski definition) is 7. The predicted octanol–water partition coefficient (Wildman–Crippen LogP) is 3.58. The Bertz CT molecular complexity index is 926. The molecular formula is C27H40N6O. The van der Waals surface area contributed by atoms with Crippen molar-refractivity contribution in [2.24, 2.45) is 0 Å². The van der Waals surface area contributed by atoms with Crippen LogP contribution in [-0.2, 0) is 6.42 Å². The molecule has 0 aliphatic carbocycles. The molecule has 0 amide bonds. The van der Waals surface area contributed by atoms with Crippen molar-refractivity contribution >= 4 is 11.8 Å². The lowest BCUT2D eigenvalue weighted by atomic mass is 10.0. The van der Waals surface area contributed by atoms with E-state index in [0.29, 0.717) is 5.75 Å². The van der Waals surface area contributed by atoms with E-state index in [2.05, 4.69) is 38.2 Å². The fourth-order valence-corrected chi connectivity index (χ4v) is 5.69. The Morgan fingerprint density at radius 1 is 0.912 bits per heavy atom. The van der Waals surface area contributed by atoms with Gasteiger partial charge in [-0.15, -0.1) is 0 Å². The summed E-state index contributed by atoms with van der Waals surface area (Å²) in [5, 5.41) is 13.8. The third kappa shape index (κ3) is 5.31. The molecule has 1 unspecified atom stereocenters. The maximum atomic E-state index is 10.0. The van der Waals surface area contributed by atoms with Crippen LogP contribution in [0.25, 0.3) is 0 Å². The number of phenols is 1. The van der Waals surface area contributed by atoms with Crippen molar-refractivity contribution in [1.29, 1.82) is 0 Å². The fraction of sp³-hybridized carbons (Fsp3) is 0.630. The monoisotopic (exact) mass is 464 g/mol. The first-order chi connectivity index (χ1) is 16.6. The van der Waals surface area contributed by atoms with Crippen molar-refractivity contribution in [2.45, 2.75) is 58.4 Å². The van der Waals surface area contributed by atoms with Gasteiger partial charge in [0.1, 0.15) is 11.6 Å². The van der Waals surface area contributed by atoms with E-state index < -0.39 is 0 Å². The van der Waals surface area contributed by atoms with Crippen LogP contribution in [0.5, 0.6) is 5.75 Å². The maximum Gasteiger partial charge on any atom is 0.227 e. The van der Waals surface area contributed by atoms with E-state index in [1.54, 1.807) is 0 Å². The number of phenolic OH excluding ortho intramolecular Hbond substituents is 1. The molecule has 2 aromatic rings. The van der Waals surface area contributed by atoms with Crippen LogP contribution in [0.2, 0.25) is 0 Å². The number of aromatic nitrogens is 2. The maximum absolute atomic E-state index is 10.0. The minimum Gasteiger partial charge on any atom is -0.507 e. The second kappa shape index (κ2) is 10.5. The molecule has 7 nitrogen and oxygen atoms in total. The van der Waals surface area contributed by atoms with E-state index in [4.69, 9.17) is 9.97 Å². The van der Waals surface area contributed by atoms with Crippen molar-refractivity contribution in [1.82, 2.24) is 20.2 Å². The first-order valence-electron chi connectivity index (χ1n) is 13.2. The van der Waals surface area contributed by atoms with Gasteiger partial charge in [-0.3, -0.25) is 0 Å². The van der Waals surface area contributed by atoms with Crippen LogP contribution in [0.4, 0.5) is 11.8 Å². The molecule has 7 heteroatoms. The molecule has 5 rings (SSSR count). The molecule has 0 spiro atoms. The highest BCUT2D eigenvalue weighted by Gasteiger charge is 2.26. The highest BCUT2D eigenvalue weighted by Crippen LogP contribution is 2.28. The SMILES string of the molecule is Cc1cc(CCCN2CCNC(c3cc(N4CCCC4)nc(N4CCCC4)n3)C2)cc(C)c1O. The standard InChI is InChI=1S/C27H40N6O/c1-20-16-22(17-21(2)26(20)34)8-7-10-31-15-9-28-24(19-31)23-18-25(32-11-3-4-12-32)30-27(29-23)33-13-5-6-14-33/h16-18,24,28,34H,3-15,19H2,1-2H3. The van der Waals surface area contributed by atoms with Gasteiger partial charge < -0.3 is 25.1 Å². The molecule has 0 radical (unpaired) electrons. The molecule has 1 aromatic carbocycles. The van der Waals surface area contributed by atoms with E-state index in [9.17, 15) is 5.11 Å². The average Bonchev–Trinajstić information content (AvgIpc) is 3.57. The quantitative estimate of drug-likeness (QED) is 0.649. The highest BCUT2D eigenvalue weighted by molar-refractivity contribution is 5.48. The summed E-state index contributed by atoms with van der Waals surface area (Å²) in [5.41, 5.74) is 4.42. The number of benzene rings is 1. The van der Waals surface area contributed by atoms with Crippen LogP contribution in [0.1, 0.15) is 60.5 Å². The second-order valence-electron chi connectivity index (χ2n) is 10.3. The van der Waals surface area contributed by atoms with E-state index >= 15 is 0 Å². The van der Waals surface area contributed by atoms with Gasteiger partial charge in [-0.2, -0.15) is 4.98 Å². The molecule has 3 saturated heterocycles. The zero-order valence-electron chi connectivity index (χ0n) is 20.9. The average molecular weight is 465 g/mol. The molecule has 0 saturated carbocycles. The summed E-state index contributed by atoms with van der Waals surface area (Å²) >= 11 is 0. The number of hydrogen-bond donors (Lipinski definition) is 2. The van der Waals surface area contributed by atoms with Gasteiger partial charge in [0.25, 0.3) is 0 Å². The molecule has 3 aliphatic heterocycles. The van der Waals surface area contributed by atoms with Gasteiger partial charge >= 0.3 is 0 Å². The van der Waals surface area contributed by atoms with Gasteiger partial charge in [0.15, 0.2) is 0 Å². The lowest BCUT2D eigenvalue weighted by molar-refractivity contribution is 0.197.